The van der Waals surface area contributed by atoms with Gasteiger partial charge in [0.1, 0.15) is 0 Å². The topological polar surface area (TPSA) is 35.2 Å². The molecule has 1 aliphatic rings. The largest absolute Gasteiger partial charge is 0.399 e. The molecule has 10 heavy (non-hydrogen) atoms. The van der Waals surface area contributed by atoms with Crippen molar-refractivity contribution < 1.29 is 10.2 Å². The number of fused-ring (bicyclic) bond motifs is 1. The number of nitrogen functional groups attached to an aromatic ring is 1. The van der Waals surface area contributed by atoms with E-state index in [1.807, 2.05) is 0 Å². The third-order valence-electron chi connectivity index (χ3n) is 1.37. The van der Waals surface area contributed by atoms with Gasteiger partial charge in [0.15, 0.2) is 0 Å². The Bertz CT molecular complexity index is 391. The molecule has 0 amide bonds. The smallest absolute Gasteiger partial charge is 0.0725 e. The number of rotatable bonds is 0. The molecule has 0 saturated carbocycles. The molecule has 0 aromatic heterocycles. The monoisotopic (exact) mass is 139 g/mol. The van der Waals surface area contributed by atoms with Crippen molar-refractivity contribution in [3.8, 4) is 0 Å². The molecule has 0 atom stereocenters. The van der Waals surface area contributed by atoms with Crippen molar-refractivity contribution in [3.05, 3.63) is 29.3 Å². The lowest BCUT2D eigenvalue weighted by Gasteiger charge is -1.96. The van der Waals surface area contributed by atoms with Crippen LogP contribution in [0.4, 0.5) is 5.69 Å². The molecule has 0 spiro atoms. The maximum atomic E-state index is 7.47. The minimum Gasteiger partial charge on any atom is -0.399 e. The third kappa shape index (κ3) is 0.772. The van der Waals surface area contributed by atoms with Crippen LogP contribution in [0, 0.1) is 0 Å². The molecule has 1 heterocycles. The Labute approximate surface area is 65.2 Å². The van der Waals surface area contributed by atoms with Crippen LogP contribution >= 0.6 is 0 Å². The fourth-order valence-electron chi connectivity index (χ4n) is 0.871. The van der Waals surface area contributed by atoms with E-state index < -0.39 is 13.1 Å². The van der Waals surface area contributed by atoms with Crippen molar-refractivity contribution in [2.24, 2.45) is 0 Å². The second kappa shape index (κ2) is 1.99. The van der Waals surface area contributed by atoms with E-state index in [-0.39, 0.29) is 11.1 Å². The first kappa shape index (κ1) is 2.93. The molecule has 0 fully saturated rings. The van der Waals surface area contributed by atoms with Gasteiger partial charge in [-0.3, -0.25) is 0 Å². The first-order chi connectivity index (χ1) is 6.33. The molecule has 1 aromatic carbocycles. The van der Waals surface area contributed by atoms with Gasteiger partial charge in [-0.15, -0.1) is 0 Å². The number of anilines is 1. The second-order valence-corrected chi connectivity index (χ2v) is 2.11. The van der Waals surface area contributed by atoms with Crippen molar-refractivity contribution in [1.82, 2.24) is 0 Å². The van der Waals surface area contributed by atoms with E-state index in [0.717, 1.165) is 0 Å². The highest BCUT2D eigenvalue weighted by atomic mass is 16.5. The van der Waals surface area contributed by atoms with E-state index in [1.54, 1.807) is 0 Å². The third-order valence-corrected chi connectivity index (χ3v) is 1.37. The van der Waals surface area contributed by atoms with Crippen molar-refractivity contribution in [2.45, 2.75) is 13.1 Å². The molecule has 2 heteroatoms. The van der Waals surface area contributed by atoms with E-state index >= 15 is 0 Å². The molecule has 0 saturated heterocycles. The Morgan fingerprint density at radius 1 is 1.40 bits per heavy atom. The molecule has 2 nitrogen and oxygen atoms in total. The van der Waals surface area contributed by atoms with Crippen LogP contribution in [-0.2, 0) is 17.9 Å². The van der Waals surface area contributed by atoms with Crippen LogP contribution in [0.1, 0.15) is 16.6 Å². The first-order valence-electron chi connectivity index (χ1n) is 4.93. The zero-order valence-electron chi connectivity index (χ0n) is 9.22. The molecule has 1 aromatic rings. The van der Waals surface area contributed by atoms with Crippen molar-refractivity contribution in [2.75, 3.05) is 5.73 Å². The number of nitrogens with two attached hydrogens (primary N) is 1. The van der Waals surface area contributed by atoms with Gasteiger partial charge in [0.25, 0.3) is 0 Å². The summed E-state index contributed by atoms with van der Waals surface area (Å²) < 4.78 is 34.5. The van der Waals surface area contributed by atoms with Crippen LogP contribution in [0.5, 0.6) is 0 Å². The second-order valence-electron chi connectivity index (χ2n) is 2.11. The molecule has 0 radical (unpaired) electrons. The molecule has 0 aliphatic carbocycles. The van der Waals surface area contributed by atoms with Gasteiger partial charge in [0.05, 0.1) is 18.6 Å². The summed E-state index contributed by atoms with van der Waals surface area (Å²) >= 11 is 0. The zero-order chi connectivity index (χ0) is 10.6. The highest BCUT2D eigenvalue weighted by Crippen LogP contribution is 2.21. The number of hydrogen-bond acceptors (Lipinski definition) is 2. The van der Waals surface area contributed by atoms with Gasteiger partial charge in [-0.05, 0) is 23.3 Å². The molecule has 2 rings (SSSR count). The molecular formula is C8H9NO. The maximum absolute atomic E-state index is 7.47. The lowest BCUT2D eigenvalue weighted by Crippen LogP contribution is -1.87. The minimum atomic E-state index is -2.10. The normalized spacial score (nSPS) is 31.2. The molecule has 0 bridgehead atoms. The van der Waals surface area contributed by atoms with E-state index in [9.17, 15) is 0 Å². The van der Waals surface area contributed by atoms with Crippen LogP contribution in [0.25, 0.3) is 0 Å². The quantitative estimate of drug-likeness (QED) is 0.550. The van der Waals surface area contributed by atoms with Crippen LogP contribution in [-0.4, -0.2) is 0 Å². The SMILES string of the molecule is [2H]C1([2H])OC([2H])([2H])c2cc(N)ccc21. The Hall–Kier alpha value is -1.02. The van der Waals surface area contributed by atoms with Crippen molar-refractivity contribution in [3.63, 3.8) is 0 Å². The number of benzene rings is 1. The van der Waals surface area contributed by atoms with Gasteiger partial charge >= 0.3 is 0 Å². The zero-order valence-corrected chi connectivity index (χ0v) is 5.22. The summed E-state index contributed by atoms with van der Waals surface area (Å²) in [6.07, 6.45) is 0. The van der Waals surface area contributed by atoms with E-state index in [0.29, 0.717) is 5.69 Å². The Morgan fingerprint density at radius 2 is 2.20 bits per heavy atom. The maximum Gasteiger partial charge on any atom is 0.0725 e. The van der Waals surface area contributed by atoms with Crippen LogP contribution in [0.3, 0.4) is 0 Å². The standard InChI is InChI=1S/C8H9NO/c9-8-2-1-6-4-10-5-7(6)3-8/h1-3H,4-5,9H2/i4D2,5D2. The summed E-state index contributed by atoms with van der Waals surface area (Å²) in [5, 5.41) is 0. The fourth-order valence-corrected chi connectivity index (χ4v) is 0.871. The van der Waals surface area contributed by atoms with E-state index in [2.05, 4.69) is 4.74 Å². The molecule has 1 aliphatic heterocycles. The van der Waals surface area contributed by atoms with E-state index in [4.69, 9.17) is 11.2 Å². The van der Waals surface area contributed by atoms with E-state index in [1.165, 1.54) is 18.2 Å². The lowest BCUT2D eigenvalue weighted by atomic mass is 10.1. The van der Waals surface area contributed by atoms with Gasteiger partial charge in [-0.2, -0.15) is 0 Å². The van der Waals surface area contributed by atoms with Crippen molar-refractivity contribution >= 4 is 5.69 Å². The van der Waals surface area contributed by atoms with Crippen molar-refractivity contribution in [1.29, 1.82) is 0 Å². The molecule has 0 unspecified atom stereocenters. The summed E-state index contributed by atoms with van der Waals surface area (Å²) in [7, 11) is 0. The van der Waals surface area contributed by atoms with Crippen LogP contribution < -0.4 is 5.73 Å². The van der Waals surface area contributed by atoms with Gasteiger partial charge < -0.3 is 10.5 Å². The summed E-state index contributed by atoms with van der Waals surface area (Å²) in [5.41, 5.74) is 6.27. The molecule has 2 N–H and O–H groups in total. The Morgan fingerprint density at radius 3 is 3.10 bits per heavy atom. The summed E-state index contributed by atoms with van der Waals surface area (Å²) in [6.45, 7) is -4.18. The van der Waals surface area contributed by atoms with Gasteiger partial charge in [0.2, 0.25) is 0 Å². The first-order valence-corrected chi connectivity index (χ1v) is 2.93. The number of ether oxygens (including phenoxy) is 1. The fraction of sp³-hybridized carbons (Fsp3) is 0.250. The minimum absolute atomic E-state index is 0.169. The van der Waals surface area contributed by atoms with Crippen LogP contribution in [0.2, 0.25) is 0 Å². The summed E-state index contributed by atoms with van der Waals surface area (Å²) in [6, 6.07) is 4.39. The predicted octanol–water partition coefficient (Wildman–Crippen LogP) is 1.30. The molecular weight excluding hydrogens is 126 g/mol. The Balaban J connectivity index is 2.66. The van der Waals surface area contributed by atoms with Gasteiger partial charge in [0, 0.05) is 5.69 Å². The van der Waals surface area contributed by atoms with Gasteiger partial charge in [-0.1, -0.05) is 6.07 Å². The van der Waals surface area contributed by atoms with Gasteiger partial charge in [-0.25, -0.2) is 0 Å². The Kier molecular flexibility index (Phi) is 0.582. The average molecular weight is 139 g/mol. The number of hydrogen-bond donors (Lipinski definition) is 1. The average Bonchev–Trinajstić information content (AvgIpc) is 2.17. The summed E-state index contributed by atoms with van der Waals surface area (Å²) in [5.74, 6) is 0. The lowest BCUT2D eigenvalue weighted by molar-refractivity contribution is 0.134. The predicted molar refractivity (Wildman–Crippen MR) is 39.3 cm³/mol. The van der Waals surface area contributed by atoms with Crippen LogP contribution in [0.15, 0.2) is 18.2 Å². The highest BCUT2D eigenvalue weighted by Gasteiger charge is 2.09. The highest BCUT2D eigenvalue weighted by molar-refractivity contribution is 5.45. The molecule has 52 valence electrons. The summed E-state index contributed by atoms with van der Waals surface area (Å²) in [4.78, 5) is 0.